The molecule has 2 rings (SSSR count). The first-order chi connectivity index (χ1) is 13.6. The topological polar surface area (TPSA) is 138 Å². The number of carboxylic acid groups (broad SMARTS) is 3. The molecule has 2 unspecified atom stereocenters. The van der Waals surface area contributed by atoms with Crippen molar-refractivity contribution in [2.45, 2.75) is 27.2 Å². The predicted molar refractivity (Wildman–Crippen MR) is 104 cm³/mol. The molecule has 1 aromatic carbocycles. The molecule has 0 spiro atoms. The van der Waals surface area contributed by atoms with E-state index >= 15 is 0 Å². The lowest BCUT2D eigenvalue weighted by Crippen LogP contribution is -2.43. The quantitative estimate of drug-likeness (QED) is 0.483. The maximum absolute atomic E-state index is 12.9. The van der Waals surface area contributed by atoms with Crippen LogP contribution in [-0.4, -0.2) is 45.8 Å². The summed E-state index contributed by atoms with van der Waals surface area (Å²) in [6.07, 6.45) is 3.57. The minimum Gasteiger partial charge on any atom is -0.481 e. The van der Waals surface area contributed by atoms with Crippen LogP contribution in [0.1, 0.15) is 36.2 Å². The molecule has 29 heavy (non-hydrogen) atoms. The molecule has 0 aromatic heterocycles. The molecule has 3 N–H and O–H groups in total. The van der Waals surface area contributed by atoms with Crippen molar-refractivity contribution < 1.29 is 39.2 Å². The highest BCUT2D eigenvalue weighted by molar-refractivity contribution is 6.09. The smallest absolute Gasteiger partial charge is 0.481 e. The van der Waals surface area contributed by atoms with E-state index < -0.39 is 35.2 Å². The third-order valence-corrected chi connectivity index (χ3v) is 4.44. The van der Waals surface area contributed by atoms with Crippen LogP contribution in [0.4, 0.5) is 4.79 Å². The molecule has 1 aliphatic carbocycles. The van der Waals surface area contributed by atoms with Crippen molar-refractivity contribution >= 4 is 23.9 Å². The Morgan fingerprint density at radius 2 is 1.72 bits per heavy atom. The molecule has 1 aromatic rings. The molecule has 1 aliphatic rings. The molecule has 0 amide bonds. The second-order valence-corrected chi connectivity index (χ2v) is 6.60. The Kier molecular flexibility index (Phi) is 8.32. The largest absolute Gasteiger partial charge is 0.505 e. The molecule has 8 heteroatoms. The first-order valence-corrected chi connectivity index (χ1v) is 8.87. The van der Waals surface area contributed by atoms with Gasteiger partial charge in [0, 0.05) is 11.1 Å². The average Bonchev–Trinajstić information content (AvgIpc) is 2.66. The molecule has 8 nitrogen and oxygen atoms in total. The number of hydrogen-bond donors (Lipinski definition) is 3. The Morgan fingerprint density at radius 1 is 1.10 bits per heavy atom. The molecule has 2 atom stereocenters. The highest BCUT2D eigenvalue weighted by atomic mass is 16.7. The predicted octanol–water partition coefficient (Wildman–Crippen LogP) is 3.56. The van der Waals surface area contributed by atoms with Crippen LogP contribution >= 0.6 is 0 Å². The van der Waals surface area contributed by atoms with Gasteiger partial charge in [-0.3, -0.25) is 9.59 Å². The third kappa shape index (κ3) is 5.78. The number of rotatable bonds is 6. The number of aryl methyl sites for hydroxylation is 1. The Morgan fingerprint density at radius 3 is 2.17 bits per heavy atom. The summed E-state index contributed by atoms with van der Waals surface area (Å²) < 4.78 is 4.11. The van der Waals surface area contributed by atoms with Crippen LogP contribution in [0.25, 0.3) is 0 Å². The highest BCUT2D eigenvalue weighted by Crippen LogP contribution is 2.40. The molecular formula is C21H24O8. The summed E-state index contributed by atoms with van der Waals surface area (Å²) in [5, 5.41) is 26.7. The average molecular weight is 404 g/mol. The van der Waals surface area contributed by atoms with E-state index in [2.05, 4.69) is 4.74 Å². The van der Waals surface area contributed by atoms with Crippen LogP contribution < -0.4 is 0 Å². The highest BCUT2D eigenvalue weighted by Gasteiger charge is 2.48. The molecule has 0 saturated heterocycles. The normalized spacial score (nSPS) is 20.0. The number of Topliss-reactive ketones (excluding diaryl/α,β-unsaturated/α-hetero) is 1. The molecule has 0 radical (unpaired) electrons. The standard InChI is InChI=1S/C17H16O5.C4H8O3/c1-10-6-3-4-7-11(10)14(18)13-12(15(19)20)8-5-9-17(13,2)16(21)22;1-2-3-7-4(5)6/h3-9,13H,1-2H3,(H,19,20)(H,21,22);2-3H2,1H3,(H,5,6). The lowest BCUT2D eigenvalue weighted by atomic mass is 9.67. The molecule has 0 fully saturated rings. The Bertz CT molecular complexity index is 852. The van der Waals surface area contributed by atoms with E-state index in [0.29, 0.717) is 17.7 Å². The van der Waals surface area contributed by atoms with Gasteiger partial charge in [0.15, 0.2) is 5.78 Å². The first kappa shape index (κ1) is 23.6. The van der Waals surface area contributed by atoms with Gasteiger partial charge < -0.3 is 20.1 Å². The zero-order valence-electron chi connectivity index (χ0n) is 16.4. The number of hydrogen-bond acceptors (Lipinski definition) is 5. The van der Waals surface area contributed by atoms with Crippen LogP contribution in [0.3, 0.4) is 0 Å². The number of ketones is 1. The van der Waals surface area contributed by atoms with Gasteiger partial charge in [0.1, 0.15) is 0 Å². The fourth-order valence-corrected chi connectivity index (χ4v) is 2.86. The molecule has 0 aliphatic heterocycles. The first-order valence-electron chi connectivity index (χ1n) is 8.87. The maximum Gasteiger partial charge on any atom is 0.505 e. The summed E-state index contributed by atoms with van der Waals surface area (Å²) in [6.45, 7) is 5.25. The van der Waals surface area contributed by atoms with Gasteiger partial charge in [0.05, 0.1) is 17.9 Å². The monoisotopic (exact) mass is 404 g/mol. The van der Waals surface area contributed by atoms with E-state index in [0.717, 1.165) is 6.42 Å². The number of carbonyl (C=O) groups is 4. The second-order valence-electron chi connectivity index (χ2n) is 6.60. The molecule has 0 heterocycles. The maximum atomic E-state index is 12.9. The summed E-state index contributed by atoms with van der Waals surface area (Å²) in [4.78, 5) is 45.5. The van der Waals surface area contributed by atoms with Crippen molar-refractivity contribution in [3.8, 4) is 0 Å². The summed E-state index contributed by atoms with van der Waals surface area (Å²) in [6, 6.07) is 6.74. The summed E-state index contributed by atoms with van der Waals surface area (Å²) in [5.74, 6) is -4.29. The number of ether oxygens (including phenoxy) is 1. The summed E-state index contributed by atoms with van der Waals surface area (Å²) >= 11 is 0. The van der Waals surface area contributed by atoms with E-state index in [4.69, 9.17) is 5.11 Å². The third-order valence-electron chi connectivity index (χ3n) is 4.44. The Balaban J connectivity index is 0.000000516. The van der Waals surface area contributed by atoms with Gasteiger partial charge in [-0.2, -0.15) is 0 Å². The van der Waals surface area contributed by atoms with Crippen LogP contribution in [0, 0.1) is 18.3 Å². The van der Waals surface area contributed by atoms with E-state index in [9.17, 15) is 29.4 Å². The summed E-state index contributed by atoms with van der Waals surface area (Å²) in [7, 11) is 0. The van der Waals surface area contributed by atoms with Crippen molar-refractivity contribution in [2.75, 3.05) is 6.61 Å². The lowest BCUT2D eigenvalue weighted by Gasteiger charge is -2.33. The van der Waals surface area contributed by atoms with E-state index in [1.54, 1.807) is 31.2 Å². The van der Waals surface area contributed by atoms with Crippen molar-refractivity contribution in [1.29, 1.82) is 0 Å². The van der Waals surface area contributed by atoms with Gasteiger partial charge in [-0.25, -0.2) is 9.59 Å². The molecule has 156 valence electrons. The van der Waals surface area contributed by atoms with Gasteiger partial charge in [-0.15, -0.1) is 0 Å². The van der Waals surface area contributed by atoms with Crippen LogP contribution in [0.5, 0.6) is 0 Å². The zero-order chi connectivity index (χ0) is 22.2. The zero-order valence-corrected chi connectivity index (χ0v) is 16.4. The van der Waals surface area contributed by atoms with Gasteiger partial charge >= 0.3 is 18.1 Å². The number of aliphatic carboxylic acids is 2. The SMILES string of the molecule is CCCOC(=O)O.Cc1ccccc1C(=O)C1C(C(=O)O)=CC=CC1(C)C(=O)O. The molecule has 0 bridgehead atoms. The van der Waals surface area contributed by atoms with Crippen molar-refractivity contribution in [3.63, 3.8) is 0 Å². The van der Waals surface area contributed by atoms with Crippen molar-refractivity contribution in [3.05, 3.63) is 59.2 Å². The number of benzene rings is 1. The van der Waals surface area contributed by atoms with Crippen LogP contribution in [-0.2, 0) is 14.3 Å². The van der Waals surface area contributed by atoms with Crippen molar-refractivity contribution in [1.82, 2.24) is 0 Å². The Labute approximate surface area is 168 Å². The fourth-order valence-electron chi connectivity index (χ4n) is 2.86. The van der Waals surface area contributed by atoms with Gasteiger partial charge in [0.2, 0.25) is 0 Å². The number of allylic oxidation sites excluding steroid dienone is 2. The number of carboxylic acids is 2. The van der Waals surface area contributed by atoms with E-state index in [1.807, 2.05) is 6.92 Å². The van der Waals surface area contributed by atoms with Crippen LogP contribution in [0.2, 0.25) is 0 Å². The van der Waals surface area contributed by atoms with Gasteiger partial charge in [-0.1, -0.05) is 49.4 Å². The number of carbonyl (C=O) groups excluding carboxylic acids is 1. The Hall–Kier alpha value is -3.42. The van der Waals surface area contributed by atoms with E-state index in [1.165, 1.54) is 25.2 Å². The molecular weight excluding hydrogens is 380 g/mol. The van der Waals surface area contributed by atoms with Gasteiger partial charge in [-0.05, 0) is 25.8 Å². The molecule has 0 saturated carbocycles. The summed E-state index contributed by atoms with van der Waals surface area (Å²) in [5.41, 5.74) is -0.787. The van der Waals surface area contributed by atoms with Crippen LogP contribution in [0.15, 0.2) is 48.1 Å². The minimum atomic E-state index is -1.60. The van der Waals surface area contributed by atoms with Crippen molar-refractivity contribution in [2.24, 2.45) is 11.3 Å². The van der Waals surface area contributed by atoms with Gasteiger partial charge in [0.25, 0.3) is 0 Å². The van der Waals surface area contributed by atoms with E-state index in [-0.39, 0.29) is 5.57 Å². The fraction of sp³-hybridized carbons (Fsp3) is 0.333. The second kappa shape index (κ2) is 10.2. The minimum absolute atomic E-state index is 0.208. The lowest BCUT2D eigenvalue weighted by molar-refractivity contribution is -0.147.